The van der Waals surface area contributed by atoms with E-state index in [4.69, 9.17) is 11.6 Å². The van der Waals surface area contributed by atoms with Gasteiger partial charge in [-0.15, -0.1) is 0 Å². The lowest BCUT2D eigenvalue weighted by Crippen LogP contribution is -2.09. The van der Waals surface area contributed by atoms with E-state index in [1.54, 1.807) is 0 Å². The summed E-state index contributed by atoms with van der Waals surface area (Å²) >= 11 is 5.72. The van der Waals surface area contributed by atoms with Gasteiger partial charge in [0.05, 0.1) is 16.3 Å². The average Bonchev–Trinajstić information content (AvgIpc) is 2.70. The van der Waals surface area contributed by atoms with Crippen molar-refractivity contribution in [3.05, 3.63) is 46.2 Å². The first-order valence-electron chi connectivity index (χ1n) is 5.51. The molecule has 9 heteroatoms. The molecule has 1 heterocycles. The summed E-state index contributed by atoms with van der Waals surface area (Å²) in [5.41, 5.74) is -2.09. The van der Waals surface area contributed by atoms with Gasteiger partial charge in [0.2, 0.25) is 0 Å². The van der Waals surface area contributed by atoms with E-state index in [2.05, 4.69) is 5.10 Å². The third kappa shape index (κ3) is 3.15. The summed E-state index contributed by atoms with van der Waals surface area (Å²) in [4.78, 5) is 0. The molecule has 0 fully saturated rings. The molecule has 0 saturated heterocycles. The maximum Gasteiger partial charge on any atom is 0.435 e. The highest BCUT2D eigenvalue weighted by Crippen LogP contribution is 2.34. The lowest BCUT2D eigenvalue weighted by Gasteiger charge is -2.11. The fourth-order valence-electron chi connectivity index (χ4n) is 1.71. The number of halogens is 7. The Morgan fingerprint density at radius 3 is 2.05 bits per heavy atom. The Labute approximate surface area is 119 Å². The average molecular weight is 329 g/mol. The molecule has 2 rings (SSSR count). The second kappa shape index (κ2) is 4.94. The first-order valence-corrected chi connectivity index (χ1v) is 5.89. The Kier molecular flexibility index (Phi) is 3.69. The Balaban J connectivity index is 2.51. The molecule has 0 unspecified atom stereocenters. The van der Waals surface area contributed by atoms with Gasteiger partial charge in [-0.25, -0.2) is 4.68 Å². The zero-order valence-electron chi connectivity index (χ0n) is 10.3. The van der Waals surface area contributed by atoms with E-state index in [9.17, 15) is 26.3 Å². The van der Waals surface area contributed by atoms with Crippen LogP contribution in [0.1, 0.15) is 17.0 Å². The zero-order chi connectivity index (χ0) is 16.0. The molecular weight excluding hydrogens is 322 g/mol. The second-order valence-electron chi connectivity index (χ2n) is 4.24. The van der Waals surface area contributed by atoms with Crippen LogP contribution >= 0.6 is 11.6 Å². The molecule has 1 aromatic heterocycles. The molecule has 0 spiro atoms. The molecule has 0 saturated carbocycles. The van der Waals surface area contributed by atoms with E-state index >= 15 is 0 Å². The van der Waals surface area contributed by atoms with Gasteiger partial charge in [-0.1, -0.05) is 11.6 Å². The lowest BCUT2D eigenvalue weighted by molar-refractivity contribution is -0.141. The minimum absolute atomic E-state index is 0.0577. The van der Waals surface area contributed by atoms with Crippen LogP contribution in [-0.4, -0.2) is 9.78 Å². The number of aryl methyl sites for hydroxylation is 1. The van der Waals surface area contributed by atoms with Crippen LogP contribution in [-0.2, 0) is 12.4 Å². The number of hydrogen-bond acceptors (Lipinski definition) is 1. The van der Waals surface area contributed by atoms with Crippen molar-refractivity contribution < 1.29 is 26.3 Å². The summed E-state index contributed by atoms with van der Waals surface area (Å²) in [7, 11) is 0. The Morgan fingerprint density at radius 2 is 1.62 bits per heavy atom. The fraction of sp³-hybridized carbons (Fsp3) is 0.250. The third-order valence-electron chi connectivity index (χ3n) is 2.68. The smallest absolute Gasteiger partial charge is 0.236 e. The quantitative estimate of drug-likeness (QED) is 0.683. The molecule has 0 bridgehead atoms. The minimum atomic E-state index is -4.64. The van der Waals surface area contributed by atoms with Crippen LogP contribution in [0.25, 0.3) is 5.69 Å². The van der Waals surface area contributed by atoms with Crippen molar-refractivity contribution in [2.45, 2.75) is 19.3 Å². The fourth-order valence-corrected chi connectivity index (χ4v) is 1.97. The third-order valence-corrected chi connectivity index (χ3v) is 2.98. The van der Waals surface area contributed by atoms with Gasteiger partial charge in [-0.2, -0.15) is 31.4 Å². The molecule has 0 atom stereocenters. The molecule has 2 nitrogen and oxygen atoms in total. The number of hydrogen-bond donors (Lipinski definition) is 0. The highest BCUT2D eigenvalue weighted by atomic mass is 35.5. The summed E-state index contributed by atoms with van der Waals surface area (Å²) in [6.07, 6.45) is -9.23. The van der Waals surface area contributed by atoms with E-state index in [0.29, 0.717) is 6.07 Å². The first kappa shape index (κ1) is 15.7. The number of rotatable bonds is 1. The monoisotopic (exact) mass is 328 g/mol. The Morgan fingerprint density at radius 1 is 1.00 bits per heavy atom. The van der Waals surface area contributed by atoms with Gasteiger partial charge in [0.15, 0.2) is 5.69 Å². The molecule has 0 radical (unpaired) electrons. The van der Waals surface area contributed by atoms with Crippen molar-refractivity contribution in [1.82, 2.24) is 9.78 Å². The van der Waals surface area contributed by atoms with Gasteiger partial charge >= 0.3 is 12.4 Å². The van der Waals surface area contributed by atoms with Gasteiger partial charge in [-0.05, 0) is 31.2 Å². The van der Waals surface area contributed by atoms with Crippen LogP contribution < -0.4 is 0 Å². The Hall–Kier alpha value is -1.70. The molecule has 0 N–H and O–H groups in total. The number of alkyl halides is 6. The van der Waals surface area contributed by atoms with E-state index in [1.807, 2.05) is 0 Å². The van der Waals surface area contributed by atoms with Crippen LogP contribution in [0.4, 0.5) is 26.3 Å². The van der Waals surface area contributed by atoms with Crippen molar-refractivity contribution in [1.29, 1.82) is 0 Å². The van der Waals surface area contributed by atoms with Crippen LogP contribution in [0.3, 0.4) is 0 Å². The van der Waals surface area contributed by atoms with E-state index in [-0.39, 0.29) is 16.4 Å². The van der Waals surface area contributed by atoms with Crippen molar-refractivity contribution >= 4 is 11.6 Å². The van der Waals surface area contributed by atoms with Crippen LogP contribution in [0, 0.1) is 6.92 Å². The van der Waals surface area contributed by atoms with Crippen LogP contribution in [0.2, 0.25) is 5.02 Å². The van der Waals surface area contributed by atoms with E-state index in [1.165, 1.54) is 6.92 Å². The molecule has 0 amide bonds. The molecule has 0 aliphatic heterocycles. The highest BCUT2D eigenvalue weighted by molar-refractivity contribution is 6.32. The van der Waals surface area contributed by atoms with Gasteiger partial charge in [0.1, 0.15) is 0 Å². The van der Waals surface area contributed by atoms with Gasteiger partial charge in [0.25, 0.3) is 0 Å². The largest absolute Gasteiger partial charge is 0.435 e. The van der Waals surface area contributed by atoms with Crippen molar-refractivity contribution in [2.75, 3.05) is 0 Å². The summed E-state index contributed by atoms with van der Waals surface area (Å²) in [5.74, 6) is 0. The molecule has 2 aromatic rings. The zero-order valence-corrected chi connectivity index (χ0v) is 11.1. The maximum atomic E-state index is 12.6. The van der Waals surface area contributed by atoms with Crippen molar-refractivity contribution in [3.8, 4) is 5.69 Å². The van der Waals surface area contributed by atoms with E-state index < -0.39 is 23.6 Å². The van der Waals surface area contributed by atoms with Crippen molar-refractivity contribution in [2.24, 2.45) is 0 Å². The topological polar surface area (TPSA) is 17.8 Å². The van der Waals surface area contributed by atoms with Crippen molar-refractivity contribution in [3.63, 3.8) is 0 Å². The summed E-state index contributed by atoms with van der Waals surface area (Å²) in [5, 5.41) is 2.99. The highest BCUT2D eigenvalue weighted by Gasteiger charge is 2.35. The standard InChI is InChI=1S/C12H7ClF6N2/c1-6-4-10(12(17,18)19)20-21(6)9-3-2-7(5-8(9)13)11(14,15)16/h2-5H,1H3. The molecule has 21 heavy (non-hydrogen) atoms. The van der Waals surface area contributed by atoms with Gasteiger partial charge < -0.3 is 0 Å². The molecular formula is C12H7ClF6N2. The predicted octanol–water partition coefficient (Wildman–Crippen LogP) is 4.87. The Bertz CT molecular complexity index is 671. The molecule has 0 aliphatic rings. The molecule has 0 aliphatic carbocycles. The number of nitrogens with zero attached hydrogens (tertiary/aromatic N) is 2. The number of benzene rings is 1. The number of aromatic nitrogens is 2. The summed E-state index contributed by atoms with van der Waals surface area (Å²) < 4.78 is 76.1. The van der Waals surface area contributed by atoms with Gasteiger partial charge in [-0.3, -0.25) is 0 Å². The molecule has 114 valence electrons. The van der Waals surface area contributed by atoms with Crippen LogP contribution in [0.15, 0.2) is 24.3 Å². The second-order valence-corrected chi connectivity index (χ2v) is 4.65. The van der Waals surface area contributed by atoms with Crippen LogP contribution in [0.5, 0.6) is 0 Å². The normalized spacial score (nSPS) is 12.8. The summed E-state index contributed by atoms with van der Waals surface area (Å²) in [6.45, 7) is 1.34. The first-order chi connectivity index (χ1) is 9.50. The minimum Gasteiger partial charge on any atom is -0.236 e. The lowest BCUT2D eigenvalue weighted by atomic mass is 10.2. The molecule has 1 aromatic carbocycles. The SMILES string of the molecule is Cc1cc(C(F)(F)F)nn1-c1ccc(C(F)(F)F)cc1Cl. The predicted molar refractivity (Wildman–Crippen MR) is 63.3 cm³/mol. The van der Waals surface area contributed by atoms with E-state index in [0.717, 1.165) is 22.9 Å². The maximum absolute atomic E-state index is 12.6. The van der Waals surface area contributed by atoms with Gasteiger partial charge in [0, 0.05) is 5.69 Å². The summed E-state index contributed by atoms with van der Waals surface area (Å²) in [6, 6.07) is 3.14.